The van der Waals surface area contributed by atoms with Crippen LogP contribution in [0.5, 0.6) is 5.75 Å². The molecule has 6 nitrogen and oxygen atoms in total. The van der Waals surface area contributed by atoms with Crippen molar-refractivity contribution in [2.75, 3.05) is 0 Å². The molecule has 0 radical (unpaired) electrons. The van der Waals surface area contributed by atoms with Crippen molar-refractivity contribution in [3.05, 3.63) is 88.4 Å². The second kappa shape index (κ2) is 12.9. The predicted molar refractivity (Wildman–Crippen MR) is 181 cm³/mol. The number of rotatable bonds is 9. The number of aliphatic hydroxyl groups excluding tert-OH is 1. The molecule has 0 heterocycles. The van der Waals surface area contributed by atoms with Crippen LogP contribution in [0.15, 0.2) is 77.3 Å². The molecule has 3 aliphatic rings. The van der Waals surface area contributed by atoms with Crippen LogP contribution in [0.25, 0.3) is 21.5 Å². The van der Waals surface area contributed by atoms with E-state index in [-0.39, 0.29) is 35.1 Å². The van der Waals surface area contributed by atoms with Crippen molar-refractivity contribution in [2.24, 2.45) is 23.5 Å². The van der Waals surface area contributed by atoms with E-state index in [4.69, 9.17) is 10.5 Å². The van der Waals surface area contributed by atoms with Gasteiger partial charge in [-0.25, -0.2) is 0 Å². The first-order chi connectivity index (χ1) is 22.6. The fraction of sp³-hybridized carbons (Fsp3) is 0.421. The van der Waals surface area contributed by atoms with Crippen molar-refractivity contribution in [1.82, 2.24) is 5.32 Å². The van der Waals surface area contributed by atoms with Gasteiger partial charge in [-0.15, -0.1) is 0 Å². The number of hydrogen-bond acceptors (Lipinski definition) is 5. The Kier molecular flexibility index (Phi) is 8.83. The average molecular weight is 706 g/mol. The molecule has 0 aliphatic heterocycles. The smallest absolute Gasteiger partial charge is 0.300 e. The number of amides is 1. The molecule has 4 atom stereocenters. The fourth-order valence-corrected chi connectivity index (χ4v) is 8.60. The van der Waals surface area contributed by atoms with E-state index in [2.05, 4.69) is 21.2 Å². The molecule has 7 rings (SSSR count). The minimum atomic E-state index is -3.74. The third-order valence-corrected chi connectivity index (χ3v) is 11.1. The molecule has 0 saturated heterocycles. The Bertz CT molecular complexity index is 1810. The number of fused-ring (bicyclic) bond motifs is 4. The lowest BCUT2D eigenvalue weighted by Crippen LogP contribution is -2.56. The van der Waals surface area contributed by atoms with Gasteiger partial charge in [0, 0.05) is 22.0 Å². The van der Waals surface area contributed by atoms with Crippen LogP contribution in [0.2, 0.25) is 0 Å². The van der Waals surface area contributed by atoms with Gasteiger partial charge in [-0.3, -0.25) is 9.59 Å². The van der Waals surface area contributed by atoms with E-state index in [1.54, 1.807) is 36.4 Å². The van der Waals surface area contributed by atoms with Gasteiger partial charge in [-0.2, -0.15) is 8.78 Å². The molecule has 3 saturated carbocycles. The summed E-state index contributed by atoms with van der Waals surface area (Å²) in [7, 11) is 0. The van der Waals surface area contributed by atoms with Gasteiger partial charge in [-0.1, -0.05) is 52.3 Å². The molecule has 246 valence electrons. The summed E-state index contributed by atoms with van der Waals surface area (Å²) >= 11 is 3.41. The van der Waals surface area contributed by atoms with E-state index in [1.807, 2.05) is 24.3 Å². The van der Waals surface area contributed by atoms with Crippen LogP contribution in [-0.4, -0.2) is 35.0 Å². The summed E-state index contributed by atoms with van der Waals surface area (Å²) in [4.78, 5) is 27.8. The SMILES string of the molecule is NC1CC2CCC(C1)C2C(=O)[C@H](NC(=O)[C@H](O)c1ccc2cc(OC3CCCC3)ccc2c1)C(F)(F)c1ccc2cc(Br)ccc2c1. The molecular formula is C38H39BrF2N2O4. The molecule has 0 spiro atoms. The summed E-state index contributed by atoms with van der Waals surface area (Å²) in [5, 5.41) is 16.5. The van der Waals surface area contributed by atoms with Crippen molar-refractivity contribution >= 4 is 49.2 Å². The quantitative estimate of drug-likeness (QED) is 0.166. The number of alkyl halides is 2. The number of carbonyl (C=O) groups is 2. The van der Waals surface area contributed by atoms with Gasteiger partial charge in [0.25, 0.3) is 11.8 Å². The maximum Gasteiger partial charge on any atom is 0.300 e. The summed E-state index contributed by atoms with van der Waals surface area (Å²) in [6, 6.07) is 18.0. The van der Waals surface area contributed by atoms with Gasteiger partial charge in [0.2, 0.25) is 0 Å². The normalized spacial score (nSPS) is 24.4. The van der Waals surface area contributed by atoms with E-state index in [0.717, 1.165) is 64.9 Å². The first-order valence-electron chi connectivity index (χ1n) is 16.6. The third kappa shape index (κ3) is 6.42. The Morgan fingerprint density at radius 2 is 1.47 bits per heavy atom. The van der Waals surface area contributed by atoms with Gasteiger partial charge in [0.15, 0.2) is 17.9 Å². The Morgan fingerprint density at radius 1 is 0.851 bits per heavy atom. The number of aliphatic hydroxyl groups is 1. The molecule has 3 fully saturated rings. The van der Waals surface area contributed by atoms with Gasteiger partial charge in [0.1, 0.15) is 5.75 Å². The highest BCUT2D eigenvalue weighted by molar-refractivity contribution is 9.10. The van der Waals surface area contributed by atoms with E-state index >= 15 is 8.78 Å². The summed E-state index contributed by atoms with van der Waals surface area (Å²) in [5.74, 6) is -5.56. The van der Waals surface area contributed by atoms with Crippen LogP contribution in [0.1, 0.15) is 68.6 Å². The largest absolute Gasteiger partial charge is 0.490 e. The van der Waals surface area contributed by atoms with Gasteiger partial charge in [0.05, 0.1) is 6.10 Å². The summed E-state index contributed by atoms with van der Waals surface area (Å²) in [5.41, 5.74) is 6.10. The Balaban J connectivity index is 1.17. The molecule has 1 amide bonds. The van der Waals surface area contributed by atoms with E-state index in [0.29, 0.717) is 18.2 Å². The van der Waals surface area contributed by atoms with E-state index < -0.39 is 35.7 Å². The number of carbonyl (C=O) groups excluding carboxylic acids is 2. The third-order valence-electron chi connectivity index (χ3n) is 10.6. The zero-order chi connectivity index (χ0) is 32.9. The van der Waals surface area contributed by atoms with Crippen LogP contribution in [0.4, 0.5) is 8.78 Å². The van der Waals surface area contributed by atoms with E-state index in [9.17, 15) is 14.7 Å². The van der Waals surface area contributed by atoms with Crippen LogP contribution in [0.3, 0.4) is 0 Å². The number of nitrogens with two attached hydrogens (primary N) is 1. The number of ether oxygens (including phenoxy) is 1. The van der Waals surface area contributed by atoms with Crippen molar-refractivity contribution in [2.45, 2.75) is 81.6 Å². The zero-order valence-corrected chi connectivity index (χ0v) is 27.6. The topological polar surface area (TPSA) is 102 Å². The lowest BCUT2D eigenvalue weighted by molar-refractivity contribution is -0.148. The van der Waals surface area contributed by atoms with Gasteiger partial charge in [-0.05, 0) is 127 Å². The standard InChI is InChI=1S/C38H39BrF2N2O4/c39-29-13-10-22-16-28(12-9-23(22)17-29)38(40,41)36(35(45)33-25-6-7-26(33)19-30(42)18-25)43-37(46)34(44)27-8-5-24-20-32(14-11-21(24)15-27)47-31-3-1-2-4-31/h5,8-17,20,25-26,30-31,33-34,36,44H,1-4,6-7,18-19,42H2,(H,43,46)/t25?,26?,30?,33?,34-,36+/m1/s1. The highest BCUT2D eigenvalue weighted by atomic mass is 79.9. The minimum absolute atomic E-state index is 0.0648. The first kappa shape index (κ1) is 32.2. The van der Waals surface area contributed by atoms with E-state index in [1.165, 1.54) is 12.1 Å². The molecule has 3 aliphatic carbocycles. The Morgan fingerprint density at radius 3 is 2.21 bits per heavy atom. The summed E-state index contributed by atoms with van der Waals surface area (Å²) < 4.78 is 40.2. The lowest BCUT2D eigenvalue weighted by Gasteiger charge is -2.37. The fourth-order valence-electron chi connectivity index (χ4n) is 8.22. The second-order valence-corrected chi connectivity index (χ2v) is 14.6. The molecule has 4 aromatic rings. The Labute approximate surface area is 281 Å². The number of nitrogens with one attached hydrogen (secondary N) is 1. The molecule has 0 aromatic heterocycles. The average Bonchev–Trinajstić information content (AvgIpc) is 3.67. The maximum atomic E-state index is 16.6. The minimum Gasteiger partial charge on any atom is -0.490 e. The van der Waals surface area contributed by atoms with Crippen LogP contribution in [0, 0.1) is 17.8 Å². The molecule has 2 unspecified atom stereocenters. The monoisotopic (exact) mass is 704 g/mol. The molecule has 47 heavy (non-hydrogen) atoms. The summed E-state index contributed by atoms with van der Waals surface area (Å²) in [6.07, 6.45) is 5.54. The highest BCUT2D eigenvalue weighted by Gasteiger charge is 2.54. The molecule has 9 heteroatoms. The molecular weight excluding hydrogens is 666 g/mol. The lowest BCUT2D eigenvalue weighted by atomic mass is 9.72. The predicted octanol–water partition coefficient (Wildman–Crippen LogP) is 7.72. The van der Waals surface area contributed by atoms with Crippen molar-refractivity contribution in [3.63, 3.8) is 0 Å². The maximum absolute atomic E-state index is 16.6. The molecule has 2 bridgehead atoms. The van der Waals surface area contributed by atoms with Crippen LogP contribution < -0.4 is 15.8 Å². The molecule has 4 N–H and O–H groups in total. The zero-order valence-electron chi connectivity index (χ0n) is 26.0. The van der Waals surface area contributed by atoms with Crippen molar-refractivity contribution in [1.29, 1.82) is 0 Å². The Hall–Kier alpha value is -3.40. The first-order valence-corrected chi connectivity index (χ1v) is 17.4. The number of Topliss-reactive ketones (excluding diaryl/α,β-unsaturated/α-hetero) is 1. The summed E-state index contributed by atoms with van der Waals surface area (Å²) in [6.45, 7) is 0. The van der Waals surface area contributed by atoms with Crippen LogP contribution in [-0.2, 0) is 15.5 Å². The number of ketones is 1. The van der Waals surface area contributed by atoms with Gasteiger partial charge < -0.3 is 20.9 Å². The van der Waals surface area contributed by atoms with Crippen molar-refractivity contribution < 1.29 is 28.2 Å². The number of halogens is 3. The number of hydrogen-bond donors (Lipinski definition) is 3. The second-order valence-electron chi connectivity index (χ2n) is 13.7. The highest BCUT2D eigenvalue weighted by Crippen LogP contribution is 2.49. The molecule has 4 aromatic carbocycles. The van der Waals surface area contributed by atoms with Crippen LogP contribution >= 0.6 is 15.9 Å². The van der Waals surface area contributed by atoms with Crippen molar-refractivity contribution in [3.8, 4) is 5.75 Å². The van der Waals surface area contributed by atoms with Gasteiger partial charge >= 0.3 is 0 Å². The number of benzene rings is 4.